The van der Waals surface area contributed by atoms with E-state index in [-0.39, 0.29) is 18.7 Å². The fraction of sp³-hybridized carbons (Fsp3) is 0.222. The topological polar surface area (TPSA) is 72.2 Å². The van der Waals surface area contributed by atoms with Crippen LogP contribution in [0.1, 0.15) is 17.5 Å². The van der Waals surface area contributed by atoms with Crippen molar-refractivity contribution in [3.8, 4) is 0 Å². The normalized spacial score (nSPS) is 11.8. The van der Waals surface area contributed by atoms with Gasteiger partial charge in [0.25, 0.3) is 0 Å². The third-order valence-corrected chi connectivity index (χ3v) is 4.19. The average molecular weight is 365 g/mol. The lowest BCUT2D eigenvalue weighted by Crippen LogP contribution is -2.46. The van der Waals surface area contributed by atoms with Gasteiger partial charge in [-0.1, -0.05) is 59.6 Å². The number of amides is 2. The fourth-order valence-corrected chi connectivity index (χ4v) is 2.78. The monoisotopic (exact) mass is 364 g/mol. The summed E-state index contributed by atoms with van der Waals surface area (Å²) < 4.78 is 0. The van der Waals surface area contributed by atoms with E-state index in [0.29, 0.717) is 22.0 Å². The SMILES string of the molecule is NC(=O)[C@H](Cc1ccc(Cl)cc1Cl)NC(=O)CCc1ccccc1. The third kappa shape index (κ3) is 5.55. The van der Waals surface area contributed by atoms with Crippen LogP contribution in [0.2, 0.25) is 10.0 Å². The van der Waals surface area contributed by atoms with Gasteiger partial charge in [0.1, 0.15) is 6.04 Å². The molecule has 4 nitrogen and oxygen atoms in total. The van der Waals surface area contributed by atoms with E-state index in [1.54, 1.807) is 18.2 Å². The van der Waals surface area contributed by atoms with E-state index in [1.165, 1.54) is 0 Å². The summed E-state index contributed by atoms with van der Waals surface area (Å²) in [6.07, 6.45) is 1.10. The molecule has 2 aromatic rings. The summed E-state index contributed by atoms with van der Waals surface area (Å²) in [7, 11) is 0. The van der Waals surface area contributed by atoms with Gasteiger partial charge >= 0.3 is 0 Å². The Hall–Kier alpha value is -2.04. The van der Waals surface area contributed by atoms with E-state index < -0.39 is 11.9 Å². The number of hydrogen-bond acceptors (Lipinski definition) is 2. The van der Waals surface area contributed by atoms with Gasteiger partial charge in [-0.15, -0.1) is 0 Å². The van der Waals surface area contributed by atoms with Gasteiger partial charge < -0.3 is 11.1 Å². The molecule has 6 heteroatoms. The molecule has 0 aromatic heterocycles. The highest BCUT2D eigenvalue weighted by atomic mass is 35.5. The smallest absolute Gasteiger partial charge is 0.240 e. The van der Waals surface area contributed by atoms with E-state index in [4.69, 9.17) is 28.9 Å². The van der Waals surface area contributed by atoms with Gasteiger partial charge in [0.2, 0.25) is 11.8 Å². The van der Waals surface area contributed by atoms with E-state index in [1.807, 2.05) is 30.3 Å². The summed E-state index contributed by atoms with van der Waals surface area (Å²) in [4.78, 5) is 23.7. The zero-order valence-corrected chi connectivity index (χ0v) is 14.5. The van der Waals surface area contributed by atoms with Crippen molar-refractivity contribution >= 4 is 35.0 Å². The summed E-state index contributed by atoms with van der Waals surface area (Å²) in [5.41, 5.74) is 7.16. The first kappa shape index (κ1) is 18.3. The quantitative estimate of drug-likeness (QED) is 0.791. The van der Waals surface area contributed by atoms with Crippen LogP contribution in [-0.4, -0.2) is 17.9 Å². The molecule has 0 heterocycles. The minimum atomic E-state index is -0.813. The average Bonchev–Trinajstić information content (AvgIpc) is 2.55. The van der Waals surface area contributed by atoms with Crippen molar-refractivity contribution < 1.29 is 9.59 Å². The molecule has 2 amide bonds. The lowest BCUT2D eigenvalue weighted by molar-refractivity contribution is -0.127. The maximum Gasteiger partial charge on any atom is 0.240 e. The second kappa shape index (κ2) is 8.71. The zero-order chi connectivity index (χ0) is 17.5. The van der Waals surface area contributed by atoms with Gasteiger partial charge in [0.05, 0.1) is 0 Å². The molecule has 0 aliphatic carbocycles. The molecule has 0 aliphatic rings. The van der Waals surface area contributed by atoms with Crippen molar-refractivity contribution in [2.24, 2.45) is 5.73 Å². The number of rotatable bonds is 7. The van der Waals surface area contributed by atoms with Crippen LogP contribution in [0, 0.1) is 0 Å². The van der Waals surface area contributed by atoms with Crippen molar-refractivity contribution in [3.63, 3.8) is 0 Å². The van der Waals surface area contributed by atoms with Crippen LogP contribution in [-0.2, 0) is 22.4 Å². The van der Waals surface area contributed by atoms with Gasteiger partial charge in [-0.3, -0.25) is 9.59 Å². The molecule has 3 N–H and O–H groups in total. The first-order valence-corrected chi connectivity index (χ1v) is 8.28. The number of halogens is 2. The Kier molecular flexibility index (Phi) is 6.64. The number of carbonyl (C=O) groups excluding carboxylic acids is 2. The number of nitrogens with one attached hydrogen (secondary N) is 1. The van der Waals surface area contributed by atoms with Crippen LogP contribution in [0.4, 0.5) is 0 Å². The van der Waals surface area contributed by atoms with Crippen molar-refractivity contribution in [2.45, 2.75) is 25.3 Å². The van der Waals surface area contributed by atoms with E-state index >= 15 is 0 Å². The van der Waals surface area contributed by atoms with Crippen LogP contribution in [0.25, 0.3) is 0 Å². The van der Waals surface area contributed by atoms with Gasteiger partial charge in [-0.25, -0.2) is 0 Å². The van der Waals surface area contributed by atoms with Crippen molar-refractivity contribution in [1.82, 2.24) is 5.32 Å². The molecule has 0 saturated heterocycles. The molecular weight excluding hydrogens is 347 g/mol. The molecule has 0 saturated carbocycles. The van der Waals surface area contributed by atoms with Crippen LogP contribution in [0.15, 0.2) is 48.5 Å². The highest BCUT2D eigenvalue weighted by Crippen LogP contribution is 2.22. The highest BCUT2D eigenvalue weighted by molar-refractivity contribution is 6.35. The largest absolute Gasteiger partial charge is 0.368 e. The van der Waals surface area contributed by atoms with Crippen LogP contribution in [0.5, 0.6) is 0 Å². The lowest BCUT2D eigenvalue weighted by atomic mass is 10.0. The predicted molar refractivity (Wildman–Crippen MR) is 96.1 cm³/mol. The van der Waals surface area contributed by atoms with E-state index in [9.17, 15) is 9.59 Å². The molecule has 0 radical (unpaired) electrons. The molecule has 0 unspecified atom stereocenters. The van der Waals surface area contributed by atoms with Crippen LogP contribution in [0.3, 0.4) is 0 Å². The Labute approximate surface area is 150 Å². The first-order chi connectivity index (χ1) is 11.5. The summed E-state index contributed by atoms with van der Waals surface area (Å²) in [5.74, 6) is -0.832. The third-order valence-electron chi connectivity index (χ3n) is 3.60. The number of primary amides is 1. The van der Waals surface area contributed by atoms with Gasteiger partial charge in [0, 0.05) is 22.9 Å². The van der Waals surface area contributed by atoms with Crippen LogP contribution < -0.4 is 11.1 Å². The standard InChI is InChI=1S/C18H18Cl2N2O2/c19-14-8-7-13(15(20)11-14)10-16(18(21)24)22-17(23)9-6-12-4-2-1-3-5-12/h1-5,7-8,11,16H,6,9-10H2,(H2,21,24)(H,22,23)/t16-/m0/s1. The minimum Gasteiger partial charge on any atom is -0.368 e. The van der Waals surface area contributed by atoms with Gasteiger partial charge in [0.15, 0.2) is 0 Å². The highest BCUT2D eigenvalue weighted by Gasteiger charge is 2.19. The second-order valence-electron chi connectivity index (χ2n) is 5.45. The Balaban J connectivity index is 1.95. The first-order valence-electron chi connectivity index (χ1n) is 7.52. The summed E-state index contributed by atoms with van der Waals surface area (Å²) in [6, 6.07) is 13.8. The van der Waals surface area contributed by atoms with Crippen LogP contribution >= 0.6 is 23.2 Å². The Morgan fingerprint density at radius 3 is 2.42 bits per heavy atom. The molecule has 1 atom stereocenters. The number of aryl methyl sites for hydroxylation is 1. The Morgan fingerprint density at radius 2 is 1.79 bits per heavy atom. The molecular formula is C18H18Cl2N2O2. The summed E-state index contributed by atoms with van der Waals surface area (Å²) in [5, 5.41) is 3.62. The molecule has 24 heavy (non-hydrogen) atoms. The predicted octanol–water partition coefficient (Wildman–Crippen LogP) is 3.14. The number of carbonyl (C=O) groups is 2. The minimum absolute atomic E-state index is 0.225. The molecule has 2 aromatic carbocycles. The van der Waals surface area contributed by atoms with Crippen molar-refractivity contribution in [1.29, 1.82) is 0 Å². The molecule has 0 aliphatic heterocycles. The maximum atomic E-state index is 12.1. The van der Waals surface area contributed by atoms with Crippen molar-refractivity contribution in [2.75, 3.05) is 0 Å². The number of nitrogens with two attached hydrogens (primary N) is 1. The number of benzene rings is 2. The maximum absolute atomic E-state index is 12.1. The summed E-state index contributed by atoms with van der Waals surface area (Å²) >= 11 is 12.0. The molecule has 0 fully saturated rings. The van der Waals surface area contributed by atoms with Gasteiger partial charge in [-0.2, -0.15) is 0 Å². The number of hydrogen-bond donors (Lipinski definition) is 2. The van der Waals surface area contributed by atoms with E-state index in [0.717, 1.165) is 5.56 Å². The Morgan fingerprint density at radius 1 is 1.08 bits per heavy atom. The van der Waals surface area contributed by atoms with Crippen molar-refractivity contribution in [3.05, 3.63) is 69.7 Å². The molecule has 126 valence electrons. The second-order valence-corrected chi connectivity index (χ2v) is 6.29. The molecule has 0 spiro atoms. The summed E-state index contributed by atoms with van der Waals surface area (Å²) in [6.45, 7) is 0. The lowest BCUT2D eigenvalue weighted by Gasteiger charge is -2.16. The molecule has 0 bridgehead atoms. The Bertz CT molecular complexity index is 720. The van der Waals surface area contributed by atoms with E-state index in [2.05, 4.69) is 5.32 Å². The molecule has 2 rings (SSSR count). The fourth-order valence-electron chi connectivity index (χ4n) is 2.30. The zero-order valence-electron chi connectivity index (χ0n) is 13.0. The van der Waals surface area contributed by atoms with Gasteiger partial charge in [-0.05, 0) is 29.7 Å².